The fourth-order valence-electron chi connectivity index (χ4n) is 3.16. The summed E-state index contributed by atoms with van der Waals surface area (Å²) in [6.45, 7) is 1.56. The van der Waals surface area contributed by atoms with Crippen LogP contribution in [-0.4, -0.2) is 19.7 Å². The number of ether oxygens (including phenoxy) is 4. The van der Waals surface area contributed by atoms with Gasteiger partial charge in [0.2, 0.25) is 11.2 Å². The molecule has 1 aromatic heterocycles. The highest BCUT2D eigenvalue weighted by Gasteiger charge is 2.15. The monoisotopic (exact) mass is 446 g/mol. The molecule has 0 N–H and O–H groups in total. The molecule has 0 spiro atoms. The molecule has 0 atom stereocenters. The van der Waals surface area contributed by atoms with Crippen LogP contribution in [0.2, 0.25) is 0 Å². The Labute approximate surface area is 190 Å². The third-order valence-corrected chi connectivity index (χ3v) is 4.87. The van der Waals surface area contributed by atoms with Crippen LogP contribution in [0, 0.1) is 6.92 Å². The van der Waals surface area contributed by atoms with E-state index in [0.717, 1.165) is 5.56 Å². The van der Waals surface area contributed by atoms with Crippen molar-refractivity contribution >= 4 is 16.9 Å². The number of aryl methyl sites for hydroxylation is 1. The second-order valence-corrected chi connectivity index (χ2v) is 7.19. The Morgan fingerprint density at radius 3 is 2.33 bits per heavy atom. The van der Waals surface area contributed by atoms with Gasteiger partial charge in [0.1, 0.15) is 35.2 Å². The maximum absolute atomic E-state index is 12.9. The van der Waals surface area contributed by atoms with Crippen molar-refractivity contribution in [1.29, 1.82) is 0 Å². The SMILES string of the molecule is COc1ccc(Oc2c(C)oc3cc(OCC(=O)OCc4ccccc4)ccc3c2=O)cc1. The average molecular weight is 446 g/mol. The highest BCUT2D eigenvalue weighted by Crippen LogP contribution is 2.28. The van der Waals surface area contributed by atoms with Gasteiger partial charge in [0, 0.05) is 6.07 Å². The Hall–Kier alpha value is -4.26. The predicted octanol–water partition coefficient (Wildman–Crippen LogP) is 5.02. The number of benzene rings is 3. The Morgan fingerprint density at radius 1 is 0.909 bits per heavy atom. The number of carbonyl (C=O) groups is 1. The minimum absolute atomic E-state index is 0.103. The van der Waals surface area contributed by atoms with E-state index >= 15 is 0 Å². The third-order valence-electron chi connectivity index (χ3n) is 4.87. The molecule has 0 aliphatic carbocycles. The van der Waals surface area contributed by atoms with Crippen molar-refractivity contribution in [2.24, 2.45) is 0 Å². The molecule has 1 heterocycles. The number of hydrogen-bond acceptors (Lipinski definition) is 7. The Kier molecular flexibility index (Phi) is 6.59. The van der Waals surface area contributed by atoms with Crippen molar-refractivity contribution in [1.82, 2.24) is 0 Å². The van der Waals surface area contributed by atoms with Crippen molar-refractivity contribution < 1.29 is 28.2 Å². The van der Waals surface area contributed by atoms with E-state index in [-0.39, 0.29) is 24.4 Å². The molecule has 0 aliphatic heterocycles. The van der Waals surface area contributed by atoms with Gasteiger partial charge in [-0.15, -0.1) is 0 Å². The van der Waals surface area contributed by atoms with E-state index in [2.05, 4.69) is 0 Å². The smallest absolute Gasteiger partial charge is 0.344 e. The first-order valence-electron chi connectivity index (χ1n) is 10.2. The van der Waals surface area contributed by atoms with Gasteiger partial charge in [0.25, 0.3) is 0 Å². The molecule has 0 amide bonds. The van der Waals surface area contributed by atoms with Gasteiger partial charge in [-0.1, -0.05) is 30.3 Å². The van der Waals surface area contributed by atoms with E-state index in [0.29, 0.717) is 34.0 Å². The molecule has 0 fully saturated rings. The normalized spacial score (nSPS) is 10.6. The summed E-state index contributed by atoms with van der Waals surface area (Å²) in [6, 6.07) is 21.0. The molecule has 3 aromatic carbocycles. The quantitative estimate of drug-likeness (QED) is 0.351. The summed E-state index contributed by atoms with van der Waals surface area (Å²) < 4.78 is 27.4. The van der Waals surface area contributed by atoms with Crippen LogP contribution < -0.4 is 19.6 Å². The molecule has 0 saturated carbocycles. The van der Waals surface area contributed by atoms with Gasteiger partial charge in [0.05, 0.1) is 12.5 Å². The summed E-state index contributed by atoms with van der Waals surface area (Å²) in [5.74, 6) is 1.47. The summed E-state index contributed by atoms with van der Waals surface area (Å²) >= 11 is 0. The van der Waals surface area contributed by atoms with Crippen LogP contribution in [0.25, 0.3) is 11.0 Å². The summed E-state index contributed by atoms with van der Waals surface area (Å²) in [4.78, 5) is 24.9. The molecule has 7 heteroatoms. The van der Waals surface area contributed by atoms with Gasteiger partial charge in [-0.05, 0) is 48.9 Å². The predicted molar refractivity (Wildman–Crippen MR) is 122 cm³/mol. The highest BCUT2D eigenvalue weighted by molar-refractivity contribution is 5.80. The molecule has 4 aromatic rings. The largest absolute Gasteiger partial charge is 0.497 e. The lowest BCUT2D eigenvalue weighted by Crippen LogP contribution is -2.15. The fraction of sp³-hybridized carbons (Fsp3) is 0.154. The standard InChI is InChI=1S/C26H22O7/c1-17-26(33-20-10-8-19(29-2)9-11-20)25(28)22-13-12-21(14-23(22)32-17)30-16-24(27)31-15-18-6-4-3-5-7-18/h3-14H,15-16H2,1-2H3. The van der Waals surface area contributed by atoms with Crippen molar-refractivity contribution in [3.05, 3.63) is 94.3 Å². The lowest BCUT2D eigenvalue weighted by atomic mass is 10.2. The van der Waals surface area contributed by atoms with E-state index in [1.54, 1.807) is 56.5 Å². The molecule has 0 saturated heterocycles. The minimum Gasteiger partial charge on any atom is -0.497 e. The van der Waals surface area contributed by atoms with Crippen LogP contribution in [0.15, 0.2) is 82.0 Å². The lowest BCUT2D eigenvalue weighted by Gasteiger charge is -2.11. The molecule has 0 bridgehead atoms. The molecular formula is C26H22O7. The minimum atomic E-state index is -0.500. The van der Waals surface area contributed by atoms with E-state index in [1.165, 1.54) is 0 Å². The Balaban J connectivity index is 1.44. The number of carbonyl (C=O) groups excluding carboxylic acids is 1. The number of rotatable bonds is 8. The Bertz CT molecular complexity index is 1310. The fourth-order valence-corrected chi connectivity index (χ4v) is 3.16. The van der Waals surface area contributed by atoms with Crippen molar-refractivity contribution in [3.8, 4) is 23.0 Å². The van der Waals surface area contributed by atoms with Crippen molar-refractivity contribution in [2.45, 2.75) is 13.5 Å². The molecule has 168 valence electrons. The molecule has 7 nitrogen and oxygen atoms in total. The molecule has 33 heavy (non-hydrogen) atoms. The second-order valence-electron chi connectivity index (χ2n) is 7.19. The van der Waals surface area contributed by atoms with Crippen LogP contribution in [0.1, 0.15) is 11.3 Å². The van der Waals surface area contributed by atoms with Gasteiger partial charge >= 0.3 is 5.97 Å². The third kappa shape index (κ3) is 5.33. The van der Waals surface area contributed by atoms with Gasteiger partial charge in [-0.25, -0.2) is 4.79 Å². The number of esters is 1. The molecule has 0 radical (unpaired) electrons. The van der Waals surface area contributed by atoms with Crippen LogP contribution >= 0.6 is 0 Å². The molecule has 4 rings (SSSR count). The van der Waals surface area contributed by atoms with Crippen LogP contribution in [0.4, 0.5) is 0 Å². The van der Waals surface area contributed by atoms with E-state index in [4.69, 9.17) is 23.4 Å². The number of fused-ring (bicyclic) bond motifs is 1. The van der Waals surface area contributed by atoms with Gasteiger partial charge in [-0.3, -0.25) is 4.79 Å². The molecule has 0 unspecified atom stereocenters. The highest BCUT2D eigenvalue weighted by atomic mass is 16.6. The lowest BCUT2D eigenvalue weighted by molar-refractivity contribution is -0.147. The topological polar surface area (TPSA) is 84.2 Å². The van der Waals surface area contributed by atoms with Crippen LogP contribution in [0.5, 0.6) is 23.0 Å². The summed E-state index contributed by atoms with van der Waals surface area (Å²) in [6.07, 6.45) is 0. The zero-order chi connectivity index (χ0) is 23.2. The van der Waals surface area contributed by atoms with Gasteiger partial charge in [-0.2, -0.15) is 0 Å². The zero-order valence-corrected chi connectivity index (χ0v) is 18.2. The maximum Gasteiger partial charge on any atom is 0.344 e. The first-order chi connectivity index (χ1) is 16.0. The van der Waals surface area contributed by atoms with Crippen LogP contribution in [0.3, 0.4) is 0 Å². The van der Waals surface area contributed by atoms with E-state index < -0.39 is 5.97 Å². The van der Waals surface area contributed by atoms with E-state index in [1.807, 2.05) is 30.3 Å². The van der Waals surface area contributed by atoms with Crippen LogP contribution in [-0.2, 0) is 16.1 Å². The first-order valence-corrected chi connectivity index (χ1v) is 10.2. The summed E-state index contributed by atoms with van der Waals surface area (Å²) in [5, 5.41) is 0.336. The summed E-state index contributed by atoms with van der Waals surface area (Å²) in [7, 11) is 1.57. The van der Waals surface area contributed by atoms with Crippen molar-refractivity contribution in [3.63, 3.8) is 0 Å². The van der Waals surface area contributed by atoms with E-state index in [9.17, 15) is 9.59 Å². The van der Waals surface area contributed by atoms with Gasteiger partial charge in [0.15, 0.2) is 6.61 Å². The average Bonchev–Trinajstić information content (AvgIpc) is 2.85. The van der Waals surface area contributed by atoms with Gasteiger partial charge < -0.3 is 23.4 Å². The summed E-state index contributed by atoms with van der Waals surface area (Å²) in [5.41, 5.74) is 0.912. The Morgan fingerprint density at radius 2 is 1.61 bits per heavy atom. The van der Waals surface area contributed by atoms with Crippen molar-refractivity contribution in [2.75, 3.05) is 13.7 Å². The first kappa shape index (κ1) is 22.0. The maximum atomic E-state index is 12.9. The molecular weight excluding hydrogens is 424 g/mol. The molecule has 0 aliphatic rings. The zero-order valence-electron chi connectivity index (χ0n) is 18.2. The second kappa shape index (κ2) is 9.91. The number of methoxy groups -OCH3 is 1. The number of hydrogen-bond donors (Lipinski definition) is 0.